The van der Waals surface area contributed by atoms with Crippen molar-refractivity contribution in [3.8, 4) is 0 Å². The Hall–Kier alpha value is -1.16. The molecule has 0 radical (unpaired) electrons. The summed E-state index contributed by atoms with van der Waals surface area (Å²) in [7, 11) is 0. The Kier molecular flexibility index (Phi) is 2.84. The molecular weight excluding hydrogens is 202 g/mol. The highest BCUT2D eigenvalue weighted by Crippen LogP contribution is 2.19. The van der Waals surface area contributed by atoms with Crippen LogP contribution >= 0.6 is 0 Å². The maximum Gasteiger partial charge on any atom is 0.251 e. The Bertz CT molecular complexity index is 427. The van der Waals surface area contributed by atoms with Gasteiger partial charge in [-0.2, -0.15) is 0 Å². The van der Waals surface area contributed by atoms with Gasteiger partial charge in [-0.1, -0.05) is 20.8 Å². The number of rotatable bonds is 3. The first kappa shape index (κ1) is 11.3. The third-order valence-electron chi connectivity index (χ3n) is 2.65. The summed E-state index contributed by atoms with van der Waals surface area (Å²) in [5, 5.41) is 3.36. The largest absolute Gasteiger partial charge is 0.310 e. The second-order valence-corrected chi connectivity index (χ2v) is 5.49. The van der Waals surface area contributed by atoms with Gasteiger partial charge in [0.05, 0.1) is 5.69 Å². The number of hydrogen-bond acceptors (Lipinski definition) is 3. The van der Waals surface area contributed by atoms with Crippen molar-refractivity contribution in [2.45, 2.75) is 51.6 Å². The van der Waals surface area contributed by atoms with E-state index < -0.39 is 0 Å². The summed E-state index contributed by atoms with van der Waals surface area (Å²) in [5.74, 6) is 0.757. The van der Waals surface area contributed by atoms with Crippen LogP contribution in [0.25, 0.3) is 0 Å². The Morgan fingerprint density at radius 3 is 2.75 bits per heavy atom. The molecule has 1 fully saturated rings. The highest BCUT2D eigenvalue weighted by Gasteiger charge is 2.21. The first-order chi connectivity index (χ1) is 7.45. The fourth-order valence-electron chi connectivity index (χ4n) is 1.49. The van der Waals surface area contributed by atoms with Crippen molar-refractivity contribution in [1.29, 1.82) is 0 Å². The zero-order chi connectivity index (χ0) is 11.8. The smallest absolute Gasteiger partial charge is 0.251 e. The summed E-state index contributed by atoms with van der Waals surface area (Å²) < 4.78 is 0. The molecule has 88 valence electrons. The van der Waals surface area contributed by atoms with Crippen molar-refractivity contribution in [3.63, 3.8) is 0 Å². The van der Waals surface area contributed by atoms with E-state index in [2.05, 4.69) is 15.3 Å². The van der Waals surface area contributed by atoms with Crippen LogP contribution in [0.4, 0.5) is 0 Å². The van der Waals surface area contributed by atoms with Crippen molar-refractivity contribution >= 4 is 0 Å². The molecule has 0 atom stereocenters. The van der Waals surface area contributed by atoms with Gasteiger partial charge < -0.3 is 10.3 Å². The molecule has 0 spiro atoms. The minimum Gasteiger partial charge on any atom is -0.310 e. The molecule has 0 unspecified atom stereocenters. The minimum absolute atomic E-state index is 0.0625. The molecule has 2 N–H and O–H groups in total. The van der Waals surface area contributed by atoms with Crippen LogP contribution in [0.15, 0.2) is 10.9 Å². The van der Waals surface area contributed by atoms with E-state index in [-0.39, 0.29) is 11.0 Å². The summed E-state index contributed by atoms with van der Waals surface area (Å²) in [5.41, 5.74) is 0.655. The lowest BCUT2D eigenvalue weighted by atomic mass is 9.95. The molecule has 1 aliphatic carbocycles. The van der Waals surface area contributed by atoms with Gasteiger partial charge in [-0.3, -0.25) is 4.79 Å². The van der Waals surface area contributed by atoms with Gasteiger partial charge in [0.25, 0.3) is 5.56 Å². The summed E-state index contributed by atoms with van der Waals surface area (Å²) in [4.78, 5) is 18.8. The molecule has 1 saturated carbocycles. The number of nitrogens with one attached hydrogen (secondary N) is 2. The fourth-order valence-corrected chi connectivity index (χ4v) is 1.49. The summed E-state index contributed by atoms with van der Waals surface area (Å²) >= 11 is 0. The van der Waals surface area contributed by atoms with Crippen molar-refractivity contribution in [2.75, 3.05) is 0 Å². The standard InChI is InChI=1S/C12H19N3O/c1-12(2,3)11-14-9(6-10(16)15-11)7-13-8-4-5-8/h6,8,13H,4-5,7H2,1-3H3,(H,14,15,16). The Balaban J connectivity index is 2.17. The highest BCUT2D eigenvalue weighted by molar-refractivity contribution is 5.08. The van der Waals surface area contributed by atoms with Crippen LogP contribution in [0.2, 0.25) is 0 Å². The zero-order valence-corrected chi connectivity index (χ0v) is 10.1. The van der Waals surface area contributed by atoms with Crippen LogP contribution in [-0.4, -0.2) is 16.0 Å². The highest BCUT2D eigenvalue weighted by atomic mass is 16.1. The van der Waals surface area contributed by atoms with E-state index >= 15 is 0 Å². The van der Waals surface area contributed by atoms with Gasteiger partial charge >= 0.3 is 0 Å². The molecule has 0 saturated heterocycles. The van der Waals surface area contributed by atoms with Crippen LogP contribution < -0.4 is 10.9 Å². The van der Waals surface area contributed by atoms with Crippen LogP contribution in [0, 0.1) is 0 Å². The molecule has 16 heavy (non-hydrogen) atoms. The number of hydrogen-bond donors (Lipinski definition) is 2. The monoisotopic (exact) mass is 221 g/mol. The predicted molar refractivity (Wildman–Crippen MR) is 63.4 cm³/mol. The van der Waals surface area contributed by atoms with Gasteiger partial charge in [-0.15, -0.1) is 0 Å². The summed E-state index contributed by atoms with van der Waals surface area (Å²) in [6.07, 6.45) is 2.49. The maximum atomic E-state index is 11.5. The normalized spacial score (nSPS) is 16.4. The van der Waals surface area contributed by atoms with Crippen molar-refractivity contribution < 1.29 is 0 Å². The second-order valence-electron chi connectivity index (χ2n) is 5.49. The van der Waals surface area contributed by atoms with E-state index in [0.717, 1.165) is 11.5 Å². The van der Waals surface area contributed by atoms with Crippen molar-refractivity contribution in [3.05, 3.63) is 27.9 Å². The molecule has 0 amide bonds. The van der Waals surface area contributed by atoms with E-state index in [0.29, 0.717) is 12.6 Å². The lowest BCUT2D eigenvalue weighted by Crippen LogP contribution is -2.25. The average Bonchev–Trinajstić information content (AvgIpc) is 2.96. The fraction of sp³-hybridized carbons (Fsp3) is 0.667. The first-order valence-corrected chi connectivity index (χ1v) is 5.79. The Labute approximate surface area is 95.5 Å². The van der Waals surface area contributed by atoms with E-state index in [4.69, 9.17) is 0 Å². The molecule has 1 aromatic heterocycles. The Morgan fingerprint density at radius 1 is 1.50 bits per heavy atom. The maximum absolute atomic E-state index is 11.5. The second kappa shape index (κ2) is 4.01. The number of H-pyrrole nitrogens is 1. The van der Waals surface area contributed by atoms with Gasteiger partial charge in [0.15, 0.2) is 0 Å². The molecule has 0 aliphatic heterocycles. The molecule has 4 nitrogen and oxygen atoms in total. The van der Waals surface area contributed by atoms with Crippen LogP contribution in [-0.2, 0) is 12.0 Å². The van der Waals surface area contributed by atoms with Crippen molar-refractivity contribution in [1.82, 2.24) is 15.3 Å². The molecule has 1 aliphatic rings. The third kappa shape index (κ3) is 2.92. The summed E-state index contributed by atoms with van der Waals surface area (Å²) in [6.45, 7) is 6.83. The molecular formula is C12H19N3O. The van der Waals surface area contributed by atoms with Gasteiger partial charge in [-0.25, -0.2) is 4.98 Å². The number of aromatic nitrogens is 2. The first-order valence-electron chi connectivity index (χ1n) is 5.79. The Morgan fingerprint density at radius 2 is 2.19 bits per heavy atom. The van der Waals surface area contributed by atoms with Crippen LogP contribution in [0.5, 0.6) is 0 Å². The van der Waals surface area contributed by atoms with Crippen LogP contribution in [0.3, 0.4) is 0 Å². The molecule has 1 heterocycles. The third-order valence-corrected chi connectivity index (χ3v) is 2.65. The molecule has 0 aromatic carbocycles. The van der Waals surface area contributed by atoms with E-state index in [1.807, 2.05) is 20.8 Å². The number of aromatic amines is 1. The summed E-state index contributed by atoms with van der Waals surface area (Å²) in [6, 6.07) is 2.21. The molecule has 1 aromatic rings. The topological polar surface area (TPSA) is 57.8 Å². The van der Waals surface area contributed by atoms with E-state index in [1.54, 1.807) is 6.07 Å². The van der Waals surface area contributed by atoms with E-state index in [1.165, 1.54) is 12.8 Å². The average molecular weight is 221 g/mol. The minimum atomic E-state index is -0.116. The molecule has 2 rings (SSSR count). The van der Waals surface area contributed by atoms with Gasteiger partial charge in [-0.05, 0) is 12.8 Å². The SMILES string of the molecule is CC(C)(C)c1nc(CNC2CC2)cc(=O)[nH]1. The lowest BCUT2D eigenvalue weighted by Gasteiger charge is -2.17. The number of nitrogens with zero attached hydrogens (tertiary/aromatic N) is 1. The van der Waals surface area contributed by atoms with Gasteiger partial charge in [0.2, 0.25) is 0 Å². The van der Waals surface area contributed by atoms with E-state index in [9.17, 15) is 4.79 Å². The van der Waals surface area contributed by atoms with Gasteiger partial charge in [0, 0.05) is 24.1 Å². The molecule has 4 heteroatoms. The quantitative estimate of drug-likeness (QED) is 0.809. The van der Waals surface area contributed by atoms with Gasteiger partial charge in [0.1, 0.15) is 5.82 Å². The van der Waals surface area contributed by atoms with Crippen molar-refractivity contribution in [2.24, 2.45) is 0 Å². The van der Waals surface area contributed by atoms with Crippen LogP contribution in [0.1, 0.15) is 45.1 Å². The lowest BCUT2D eigenvalue weighted by molar-refractivity contribution is 0.534. The predicted octanol–water partition coefficient (Wildman–Crippen LogP) is 1.32. The molecule has 0 bridgehead atoms. The zero-order valence-electron chi connectivity index (χ0n) is 10.1.